The number of rotatable bonds is 6. The number of benzene rings is 3. The lowest BCUT2D eigenvalue weighted by molar-refractivity contribution is -0.118. The van der Waals surface area contributed by atoms with Crippen LogP contribution in [-0.2, 0) is 21.2 Å². The Morgan fingerprint density at radius 1 is 0.969 bits per heavy atom. The number of nitrogens with one attached hydrogen (secondary N) is 1. The summed E-state index contributed by atoms with van der Waals surface area (Å²) in [5.74, 6) is -0.436. The van der Waals surface area contributed by atoms with Crippen molar-refractivity contribution in [1.82, 2.24) is 9.62 Å². The normalized spacial score (nSPS) is 14.8. The number of carbonyl (C=O) groups excluding carboxylic acids is 1. The molecule has 1 amide bonds. The number of aryl methyl sites for hydroxylation is 1. The molecular formula is C25H23ClN2O3S. The quantitative estimate of drug-likeness (QED) is 0.544. The van der Waals surface area contributed by atoms with E-state index in [1.807, 2.05) is 60.7 Å². The van der Waals surface area contributed by atoms with Gasteiger partial charge in [-0.25, -0.2) is 8.42 Å². The molecular weight excluding hydrogens is 444 g/mol. The van der Waals surface area contributed by atoms with Gasteiger partial charge in [0, 0.05) is 29.8 Å². The van der Waals surface area contributed by atoms with Gasteiger partial charge in [-0.15, -0.1) is 0 Å². The summed E-state index contributed by atoms with van der Waals surface area (Å²) in [5.41, 5.74) is 2.99. The van der Waals surface area contributed by atoms with Gasteiger partial charge in [0.2, 0.25) is 0 Å². The molecule has 7 heteroatoms. The van der Waals surface area contributed by atoms with Crippen LogP contribution in [0, 0.1) is 0 Å². The molecule has 0 spiro atoms. The molecule has 5 nitrogen and oxygen atoms in total. The predicted molar refractivity (Wildman–Crippen MR) is 127 cm³/mol. The molecule has 4 rings (SSSR count). The van der Waals surface area contributed by atoms with E-state index in [1.54, 1.807) is 12.1 Å². The number of hydrogen-bond acceptors (Lipinski definition) is 3. The van der Waals surface area contributed by atoms with Gasteiger partial charge in [0.25, 0.3) is 15.9 Å². The fraction of sp³-hybridized carbons (Fsp3) is 0.160. The van der Waals surface area contributed by atoms with Gasteiger partial charge in [-0.3, -0.25) is 9.10 Å². The Balaban J connectivity index is 1.71. The van der Waals surface area contributed by atoms with Crippen molar-refractivity contribution in [2.75, 3.05) is 13.6 Å². The van der Waals surface area contributed by atoms with E-state index in [0.29, 0.717) is 22.7 Å². The highest BCUT2D eigenvalue weighted by Crippen LogP contribution is 2.40. The molecule has 3 aromatic carbocycles. The Hall–Kier alpha value is -3.09. The molecule has 0 unspecified atom stereocenters. The second-order valence-corrected chi connectivity index (χ2v) is 9.92. The highest BCUT2D eigenvalue weighted by Gasteiger charge is 2.38. The van der Waals surface area contributed by atoms with Crippen LogP contribution in [0.4, 0.5) is 0 Å². The molecule has 0 radical (unpaired) electrons. The van der Waals surface area contributed by atoms with Crippen molar-refractivity contribution >= 4 is 33.1 Å². The summed E-state index contributed by atoms with van der Waals surface area (Å²) in [6.07, 6.45) is 1.56. The average molecular weight is 467 g/mol. The molecule has 0 saturated heterocycles. The van der Waals surface area contributed by atoms with Gasteiger partial charge in [0.05, 0.1) is 4.90 Å². The van der Waals surface area contributed by atoms with E-state index >= 15 is 0 Å². The van der Waals surface area contributed by atoms with Crippen molar-refractivity contribution < 1.29 is 13.2 Å². The monoisotopic (exact) mass is 466 g/mol. The van der Waals surface area contributed by atoms with Crippen LogP contribution in [0.15, 0.2) is 89.5 Å². The van der Waals surface area contributed by atoms with Crippen LogP contribution in [0.1, 0.15) is 23.1 Å². The molecule has 32 heavy (non-hydrogen) atoms. The minimum atomic E-state index is -3.89. The van der Waals surface area contributed by atoms with Gasteiger partial charge in [-0.2, -0.15) is 0 Å². The van der Waals surface area contributed by atoms with Gasteiger partial charge in [-0.05, 0) is 42.2 Å². The second kappa shape index (κ2) is 9.18. The third-order valence-corrected chi connectivity index (χ3v) is 7.50. The zero-order valence-corrected chi connectivity index (χ0v) is 19.2. The SMILES string of the molecule is CN1C(C(=O)NCCCc2ccccc2)=C(c2ccccc2)c2cc(Cl)ccc2S1(=O)=O. The van der Waals surface area contributed by atoms with Crippen molar-refractivity contribution in [3.63, 3.8) is 0 Å². The van der Waals surface area contributed by atoms with Gasteiger partial charge >= 0.3 is 0 Å². The van der Waals surface area contributed by atoms with Gasteiger partial charge in [-0.1, -0.05) is 72.3 Å². The zero-order chi connectivity index (χ0) is 22.7. The first-order chi connectivity index (χ1) is 15.4. The Kier molecular flexibility index (Phi) is 6.35. The molecule has 3 aromatic rings. The molecule has 0 bridgehead atoms. The second-order valence-electron chi connectivity index (χ2n) is 7.55. The first kappa shape index (κ1) is 22.1. The third-order valence-electron chi connectivity index (χ3n) is 5.45. The fourth-order valence-corrected chi connectivity index (χ4v) is 5.41. The summed E-state index contributed by atoms with van der Waals surface area (Å²) in [6.45, 7) is 0.426. The topological polar surface area (TPSA) is 66.5 Å². The van der Waals surface area contributed by atoms with Crippen molar-refractivity contribution in [3.05, 3.63) is 106 Å². The number of halogens is 1. The van der Waals surface area contributed by atoms with Crippen LogP contribution in [0.5, 0.6) is 0 Å². The molecule has 1 aliphatic heterocycles. The smallest absolute Gasteiger partial charge is 0.269 e. The maximum atomic E-state index is 13.3. The van der Waals surface area contributed by atoms with E-state index in [9.17, 15) is 13.2 Å². The van der Waals surface area contributed by atoms with E-state index in [4.69, 9.17) is 11.6 Å². The van der Waals surface area contributed by atoms with E-state index in [1.165, 1.54) is 18.7 Å². The number of sulfonamides is 1. The molecule has 0 aliphatic carbocycles. The molecule has 0 fully saturated rings. The van der Waals surface area contributed by atoms with Gasteiger partial charge < -0.3 is 5.32 Å². The maximum absolute atomic E-state index is 13.3. The summed E-state index contributed by atoms with van der Waals surface area (Å²) < 4.78 is 27.4. The van der Waals surface area contributed by atoms with E-state index in [2.05, 4.69) is 5.32 Å². The minimum Gasteiger partial charge on any atom is -0.351 e. The number of fused-ring (bicyclic) bond motifs is 1. The predicted octanol–water partition coefficient (Wildman–Crippen LogP) is 4.48. The number of amides is 1. The Morgan fingerprint density at radius 2 is 1.62 bits per heavy atom. The molecule has 1 aliphatic rings. The van der Waals surface area contributed by atoms with Crippen molar-refractivity contribution in [3.8, 4) is 0 Å². The number of carbonyl (C=O) groups is 1. The number of nitrogens with zero attached hydrogens (tertiary/aromatic N) is 1. The molecule has 1 N–H and O–H groups in total. The maximum Gasteiger partial charge on any atom is 0.269 e. The standard InChI is InChI=1S/C25H23ClN2O3S/c1-28-24(25(29)27-16-8-11-18-9-4-2-5-10-18)23(19-12-6-3-7-13-19)21-17-20(26)14-15-22(21)32(28,30)31/h2-7,9-10,12-15,17H,8,11,16H2,1H3,(H,27,29). The van der Waals surface area contributed by atoms with Crippen molar-refractivity contribution in [2.45, 2.75) is 17.7 Å². The summed E-state index contributed by atoms with van der Waals surface area (Å²) in [5, 5.41) is 3.30. The molecule has 0 aromatic heterocycles. The lowest BCUT2D eigenvalue weighted by Gasteiger charge is -2.31. The molecule has 0 saturated carbocycles. The lowest BCUT2D eigenvalue weighted by Crippen LogP contribution is -2.40. The summed E-state index contributed by atoms with van der Waals surface area (Å²) >= 11 is 6.22. The summed E-state index contributed by atoms with van der Waals surface area (Å²) in [4.78, 5) is 13.4. The lowest BCUT2D eigenvalue weighted by atomic mass is 9.95. The minimum absolute atomic E-state index is 0.0886. The number of hydrogen-bond donors (Lipinski definition) is 1. The van der Waals surface area contributed by atoms with Crippen LogP contribution in [0.2, 0.25) is 5.02 Å². The number of likely N-dealkylation sites (N-methyl/N-ethyl adjacent to an activating group) is 1. The van der Waals surface area contributed by atoms with Crippen LogP contribution in [0.3, 0.4) is 0 Å². The van der Waals surface area contributed by atoms with E-state index in [0.717, 1.165) is 22.7 Å². The van der Waals surface area contributed by atoms with Gasteiger partial charge in [0.1, 0.15) is 5.70 Å². The summed E-state index contributed by atoms with van der Waals surface area (Å²) in [7, 11) is -2.48. The first-order valence-electron chi connectivity index (χ1n) is 10.3. The van der Waals surface area contributed by atoms with Crippen LogP contribution in [-0.4, -0.2) is 32.2 Å². The fourth-order valence-electron chi connectivity index (χ4n) is 3.85. The van der Waals surface area contributed by atoms with E-state index in [-0.39, 0.29) is 10.6 Å². The molecule has 0 atom stereocenters. The van der Waals surface area contributed by atoms with Crippen molar-refractivity contribution in [2.24, 2.45) is 0 Å². The van der Waals surface area contributed by atoms with Crippen LogP contribution < -0.4 is 5.32 Å². The van der Waals surface area contributed by atoms with Crippen LogP contribution in [0.25, 0.3) is 5.57 Å². The Morgan fingerprint density at radius 3 is 2.31 bits per heavy atom. The largest absolute Gasteiger partial charge is 0.351 e. The van der Waals surface area contributed by atoms with Crippen LogP contribution >= 0.6 is 11.6 Å². The van der Waals surface area contributed by atoms with Gasteiger partial charge in [0.15, 0.2) is 0 Å². The summed E-state index contributed by atoms with van der Waals surface area (Å²) in [6, 6.07) is 23.9. The highest BCUT2D eigenvalue weighted by atomic mass is 35.5. The Bertz CT molecular complexity index is 1270. The molecule has 164 valence electrons. The zero-order valence-electron chi connectivity index (χ0n) is 17.6. The molecule has 1 heterocycles. The highest BCUT2D eigenvalue weighted by molar-refractivity contribution is 7.89. The van der Waals surface area contributed by atoms with E-state index < -0.39 is 15.9 Å². The first-order valence-corrected chi connectivity index (χ1v) is 12.1. The third kappa shape index (κ3) is 4.29. The average Bonchev–Trinajstić information content (AvgIpc) is 2.80. The van der Waals surface area contributed by atoms with Crippen molar-refractivity contribution in [1.29, 1.82) is 0 Å². The Labute approximate surface area is 193 Å².